The van der Waals surface area contributed by atoms with Crippen molar-refractivity contribution in [3.63, 3.8) is 0 Å². The first-order valence-corrected chi connectivity index (χ1v) is 7.48. The van der Waals surface area contributed by atoms with E-state index in [4.69, 9.17) is 10.5 Å². The molecule has 3 aromatic rings. The largest absolute Gasteiger partial charge is 0.497 e. The molecule has 0 radical (unpaired) electrons. The van der Waals surface area contributed by atoms with Crippen LogP contribution in [0.15, 0.2) is 46.9 Å². The molecule has 1 aromatic heterocycles. The second kappa shape index (κ2) is 8.55. The van der Waals surface area contributed by atoms with Crippen LogP contribution in [0.5, 0.6) is 5.75 Å². The Morgan fingerprint density at radius 3 is 2.52 bits per heavy atom. The molecular formula is C16H18BrCl2N3O. The number of aromatic nitrogens is 2. The molecule has 0 fully saturated rings. The molecule has 2 aromatic carbocycles. The van der Waals surface area contributed by atoms with Gasteiger partial charge in [-0.25, -0.2) is 4.98 Å². The minimum absolute atomic E-state index is 0. The highest BCUT2D eigenvalue weighted by Gasteiger charge is 2.12. The van der Waals surface area contributed by atoms with E-state index in [2.05, 4.69) is 25.9 Å². The molecule has 7 heteroatoms. The Morgan fingerprint density at radius 1 is 1.17 bits per heavy atom. The molecule has 0 bridgehead atoms. The number of fused-ring (bicyclic) bond motifs is 1. The van der Waals surface area contributed by atoms with Crippen LogP contribution >= 0.6 is 40.7 Å². The summed E-state index contributed by atoms with van der Waals surface area (Å²) >= 11 is 3.46. The van der Waals surface area contributed by atoms with Crippen molar-refractivity contribution in [2.24, 2.45) is 5.73 Å². The zero-order chi connectivity index (χ0) is 14.8. The molecular weight excluding hydrogens is 401 g/mol. The quantitative estimate of drug-likeness (QED) is 0.658. The van der Waals surface area contributed by atoms with Crippen LogP contribution in [-0.4, -0.2) is 17.1 Å². The Labute approximate surface area is 155 Å². The second-order valence-corrected chi connectivity index (χ2v) is 5.86. The molecule has 0 aliphatic rings. The van der Waals surface area contributed by atoms with Crippen LogP contribution in [0.25, 0.3) is 11.0 Å². The summed E-state index contributed by atoms with van der Waals surface area (Å²) in [7, 11) is 1.66. The summed E-state index contributed by atoms with van der Waals surface area (Å²) in [6, 6.07) is 13.7. The molecule has 1 heterocycles. The van der Waals surface area contributed by atoms with Gasteiger partial charge in [0.05, 0.1) is 24.2 Å². The van der Waals surface area contributed by atoms with Gasteiger partial charge in [0.1, 0.15) is 11.6 Å². The predicted molar refractivity (Wildman–Crippen MR) is 102 cm³/mol. The number of methoxy groups -OCH3 is 1. The number of benzene rings is 2. The van der Waals surface area contributed by atoms with Gasteiger partial charge in [-0.05, 0) is 42.3 Å². The highest BCUT2D eigenvalue weighted by atomic mass is 79.9. The van der Waals surface area contributed by atoms with E-state index in [1.54, 1.807) is 7.11 Å². The van der Waals surface area contributed by atoms with Gasteiger partial charge >= 0.3 is 0 Å². The smallest absolute Gasteiger partial charge is 0.124 e. The summed E-state index contributed by atoms with van der Waals surface area (Å²) in [5.74, 6) is 1.65. The van der Waals surface area contributed by atoms with Gasteiger partial charge < -0.3 is 15.5 Å². The lowest BCUT2D eigenvalue weighted by molar-refractivity contribution is 0.414. The third-order valence-corrected chi connectivity index (χ3v) is 3.92. The number of aromatic amines is 1. The molecule has 0 unspecified atom stereocenters. The third-order valence-electron chi connectivity index (χ3n) is 3.43. The molecule has 4 nitrogen and oxygen atoms in total. The standard InChI is InChI=1S/C16H16BrN3O.2ClH/c1-21-12-5-2-10(3-6-12)8-13(18)16-19-14-7-4-11(17)9-15(14)20-16;;/h2-7,9,13H,8,18H2,1H3,(H,19,20);2*1H/t13-;;/m1../s1. The van der Waals surface area contributed by atoms with Gasteiger partial charge in [0, 0.05) is 4.47 Å². The van der Waals surface area contributed by atoms with Gasteiger partial charge in [-0.3, -0.25) is 0 Å². The van der Waals surface area contributed by atoms with Gasteiger partial charge in [-0.1, -0.05) is 28.1 Å². The maximum absolute atomic E-state index is 6.26. The molecule has 0 spiro atoms. The lowest BCUT2D eigenvalue weighted by atomic mass is 10.1. The zero-order valence-corrected chi connectivity index (χ0v) is 15.7. The summed E-state index contributed by atoms with van der Waals surface area (Å²) < 4.78 is 6.18. The van der Waals surface area contributed by atoms with Crippen LogP contribution in [-0.2, 0) is 6.42 Å². The minimum Gasteiger partial charge on any atom is -0.497 e. The minimum atomic E-state index is -0.162. The second-order valence-electron chi connectivity index (χ2n) is 4.94. The molecule has 3 N–H and O–H groups in total. The maximum Gasteiger partial charge on any atom is 0.124 e. The van der Waals surface area contributed by atoms with Crippen LogP contribution in [0.4, 0.5) is 0 Å². The number of nitrogens with zero attached hydrogens (tertiary/aromatic N) is 1. The number of halogens is 3. The van der Waals surface area contributed by atoms with Crippen LogP contribution < -0.4 is 10.5 Å². The van der Waals surface area contributed by atoms with Crippen molar-refractivity contribution in [2.75, 3.05) is 7.11 Å². The third kappa shape index (κ3) is 4.61. The first-order valence-electron chi connectivity index (χ1n) is 6.69. The number of nitrogens with one attached hydrogen (secondary N) is 1. The number of H-pyrrole nitrogens is 1. The van der Waals surface area contributed by atoms with Crippen LogP contribution in [0.1, 0.15) is 17.4 Å². The van der Waals surface area contributed by atoms with Gasteiger partial charge in [0.15, 0.2) is 0 Å². The molecule has 0 aliphatic heterocycles. The maximum atomic E-state index is 6.26. The molecule has 3 rings (SSSR count). The molecule has 0 saturated heterocycles. The predicted octanol–water partition coefficient (Wildman–Crippen LogP) is 4.42. The summed E-state index contributed by atoms with van der Waals surface area (Å²) in [6.07, 6.45) is 0.727. The van der Waals surface area contributed by atoms with Crippen molar-refractivity contribution in [1.29, 1.82) is 0 Å². The Kier molecular flexibility index (Phi) is 7.35. The van der Waals surface area contributed by atoms with E-state index in [1.807, 2.05) is 42.5 Å². The number of rotatable bonds is 4. The van der Waals surface area contributed by atoms with E-state index in [0.29, 0.717) is 0 Å². The lowest BCUT2D eigenvalue weighted by Gasteiger charge is -2.09. The summed E-state index contributed by atoms with van der Waals surface area (Å²) in [4.78, 5) is 7.85. The van der Waals surface area contributed by atoms with E-state index in [0.717, 1.165) is 39.1 Å². The number of hydrogen-bond acceptors (Lipinski definition) is 3. The van der Waals surface area contributed by atoms with E-state index >= 15 is 0 Å². The number of hydrogen-bond donors (Lipinski definition) is 2. The SMILES string of the molecule is COc1ccc(C[C@@H](N)c2nc3ccc(Br)cc3[nH]2)cc1.Cl.Cl. The van der Waals surface area contributed by atoms with E-state index in [1.165, 1.54) is 0 Å². The lowest BCUT2D eigenvalue weighted by Crippen LogP contribution is -2.14. The van der Waals surface area contributed by atoms with Crippen molar-refractivity contribution in [3.8, 4) is 5.75 Å². The zero-order valence-electron chi connectivity index (χ0n) is 12.5. The number of nitrogens with two attached hydrogens (primary N) is 1. The Morgan fingerprint density at radius 2 is 1.87 bits per heavy atom. The summed E-state index contributed by atoms with van der Waals surface area (Å²) in [5.41, 5.74) is 9.34. The average Bonchev–Trinajstić information content (AvgIpc) is 2.91. The van der Waals surface area contributed by atoms with Gasteiger partial charge in [-0.2, -0.15) is 0 Å². The molecule has 0 saturated carbocycles. The van der Waals surface area contributed by atoms with Gasteiger partial charge in [-0.15, -0.1) is 24.8 Å². The summed E-state index contributed by atoms with van der Waals surface area (Å²) in [6.45, 7) is 0. The topological polar surface area (TPSA) is 63.9 Å². The molecule has 1 atom stereocenters. The van der Waals surface area contributed by atoms with E-state index in [-0.39, 0.29) is 30.9 Å². The highest BCUT2D eigenvalue weighted by molar-refractivity contribution is 9.10. The van der Waals surface area contributed by atoms with Crippen LogP contribution in [0.3, 0.4) is 0 Å². The fraction of sp³-hybridized carbons (Fsp3) is 0.188. The normalized spacial score (nSPS) is 11.4. The Hall–Kier alpha value is -1.27. The first kappa shape index (κ1) is 19.8. The fourth-order valence-corrected chi connectivity index (χ4v) is 2.65. The number of imidazole rings is 1. The highest BCUT2D eigenvalue weighted by Crippen LogP contribution is 2.22. The monoisotopic (exact) mass is 417 g/mol. The van der Waals surface area contributed by atoms with E-state index < -0.39 is 0 Å². The van der Waals surface area contributed by atoms with Gasteiger partial charge in [0.2, 0.25) is 0 Å². The van der Waals surface area contributed by atoms with Crippen molar-refractivity contribution in [2.45, 2.75) is 12.5 Å². The van der Waals surface area contributed by atoms with Crippen molar-refractivity contribution >= 4 is 51.8 Å². The Bertz CT molecular complexity index is 762. The van der Waals surface area contributed by atoms with Crippen LogP contribution in [0, 0.1) is 0 Å². The first-order chi connectivity index (χ1) is 10.2. The number of ether oxygens (including phenoxy) is 1. The van der Waals surface area contributed by atoms with Crippen molar-refractivity contribution < 1.29 is 4.74 Å². The van der Waals surface area contributed by atoms with E-state index in [9.17, 15) is 0 Å². The fourth-order valence-electron chi connectivity index (χ4n) is 2.29. The Balaban J connectivity index is 0.00000132. The molecule has 0 aliphatic carbocycles. The van der Waals surface area contributed by atoms with Crippen molar-refractivity contribution in [3.05, 3.63) is 58.3 Å². The van der Waals surface area contributed by atoms with Crippen molar-refractivity contribution in [1.82, 2.24) is 9.97 Å². The molecule has 0 amide bonds. The average molecular weight is 419 g/mol. The molecule has 23 heavy (non-hydrogen) atoms. The molecule has 124 valence electrons. The van der Waals surface area contributed by atoms with Gasteiger partial charge in [0.25, 0.3) is 0 Å². The summed E-state index contributed by atoms with van der Waals surface area (Å²) in [5, 5.41) is 0. The van der Waals surface area contributed by atoms with Crippen LogP contribution in [0.2, 0.25) is 0 Å².